The summed E-state index contributed by atoms with van der Waals surface area (Å²) in [6.45, 7) is 9.18. The summed E-state index contributed by atoms with van der Waals surface area (Å²) in [4.78, 5) is 2.24. The highest BCUT2D eigenvalue weighted by Crippen LogP contribution is 2.25. The van der Waals surface area contributed by atoms with Crippen molar-refractivity contribution in [2.75, 3.05) is 31.1 Å². The number of piperazine rings is 1. The lowest BCUT2D eigenvalue weighted by Crippen LogP contribution is -2.42. The molecule has 0 amide bonds. The number of anilines is 1. The van der Waals surface area contributed by atoms with Crippen LogP contribution in [0.1, 0.15) is 26.3 Å². The second-order valence-electron chi connectivity index (χ2n) is 5.69. The minimum Gasteiger partial charge on any atom is -0.369 e. The van der Waals surface area contributed by atoms with Gasteiger partial charge in [-0.25, -0.2) is 0 Å². The first-order valence-corrected chi connectivity index (χ1v) is 6.23. The number of hydrogen-bond donors (Lipinski definition) is 0. The molecule has 2 nitrogen and oxygen atoms in total. The fourth-order valence-electron chi connectivity index (χ4n) is 2.11. The average molecular weight is 236 g/mol. The first-order valence-electron chi connectivity index (χ1n) is 6.23. The topological polar surface area (TPSA) is 6.48 Å². The van der Waals surface area contributed by atoms with Crippen LogP contribution in [0.25, 0.3) is 0 Å². The summed E-state index contributed by atoms with van der Waals surface area (Å²) < 4.78 is 12.9. The zero-order valence-corrected chi connectivity index (χ0v) is 10.9. The minimum absolute atomic E-state index is 0.191. The van der Waals surface area contributed by atoms with E-state index in [1.807, 2.05) is 0 Å². The van der Waals surface area contributed by atoms with Crippen LogP contribution >= 0.6 is 0 Å². The third kappa shape index (κ3) is 2.97. The summed E-state index contributed by atoms with van der Waals surface area (Å²) in [7, 11) is 0. The molecule has 17 heavy (non-hydrogen) atoms. The molecule has 0 N–H and O–H groups in total. The van der Waals surface area contributed by atoms with E-state index in [-0.39, 0.29) is 5.41 Å². The Kier molecular flexibility index (Phi) is 3.38. The summed E-state index contributed by atoms with van der Waals surface area (Å²) in [5.74, 6) is 0. The molecule has 0 aliphatic carbocycles. The van der Waals surface area contributed by atoms with Gasteiger partial charge in [-0.3, -0.25) is 0 Å². The molecule has 1 heterocycles. The molecule has 0 unspecified atom stereocenters. The Labute approximate surface area is 103 Å². The second-order valence-corrected chi connectivity index (χ2v) is 5.69. The van der Waals surface area contributed by atoms with Gasteiger partial charge in [0.2, 0.25) is 0 Å². The van der Waals surface area contributed by atoms with Crippen LogP contribution in [0.5, 0.6) is 0 Å². The van der Waals surface area contributed by atoms with Crippen molar-refractivity contribution in [3.05, 3.63) is 29.8 Å². The highest BCUT2D eigenvalue weighted by atomic mass is 19.2. The summed E-state index contributed by atoms with van der Waals surface area (Å²) in [6.07, 6.45) is 0. The molecular weight excluding hydrogens is 215 g/mol. The van der Waals surface area contributed by atoms with Crippen molar-refractivity contribution in [2.45, 2.75) is 26.2 Å². The Morgan fingerprint density at radius 3 is 1.94 bits per heavy atom. The summed E-state index contributed by atoms with van der Waals surface area (Å²) >= 11 is 0. The number of nitrogens with zero attached hydrogens (tertiary/aromatic N) is 2. The highest BCUT2D eigenvalue weighted by molar-refractivity contribution is 5.48. The summed E-state index contributed by atoms with van der Waals surface area (Å²) in [5, 5.41) is 0.889. The molecule has 1 aromatic carbocycles. The maximum absolute atomic E-state index is 12.9. The van der Waals surface area contributed by atoms with Crippen LogP contribution in [-0.2, 0) is 5.41 Å². The van der Waals surface area contributed by atoms with Gasteiger partial charge in [-0.2, -0.15) is 0 Å². The molecule has 94 valence electrons. The molecule has 3 heteroatoms. The predicted octanol–water partition coefficient (Wildman–Crippen LogP) is 2.99. The first kappa shape index (κ1) is 12.4. The quantitative estimate of drug-likeness (QED) is 0.692. The summed E-state index contributed by atoms with van der Waals surface area (Å²) in [6, 6.07) is 8.65. The van der Waals surface area contributed by atoms with E-state index in [4.69, 9.17) is 0 Å². The van der Waals surface area contributed by atoms with Gasteiger partial charge in [0, 0.05) is 31.9 Å². The molecule has 1 saturated heterocycles. The van der Waals surface area contributed by atoms with Crippen molar-refractivity contribution < 1.29 is 4.48 Å². The minimum atomic E-state index is 0.191. The van der Waals surface area contributed by atoms with Gasteiger partial charge in [-0.1, -0.05) is 32.9 Å². The number of rotatable bonds is 1. The largest absolute Gasteiger partial charge is 0.369 e. The van der Waals surface area contributed by atoms with Gasteiger partial charge >= 0.3 is 0 Å². The van der Waals surface area contributed by atoms with Crippen molar-refractivity contribution in [3.8, 4) is 0 Å². The molecule has 0 radical (unpaired) electrons. The molecule has 0 atom stereocenters. The standard InChI is InChI=1S/C14H21FN2/c1-14(2,3)12-4-6-13(7-5-12)16-8-10-17(15)11-9-16/h4-7H,8-11H2,1-3H3. The predicted molar refractivity (Wildman–Crippen MR) is 70.0 cm³/mol. The van der Waals surface area contributed by atoms with Gasteiger partial charge in [0.15, 0.2) is 0 Å². The van der Waals surface area contributed by atoms with Gasteiger partial charge < -0.3 is 4.90 Å². The Balaban J connectivity index is 2.08. The first-order chi connectivity index (χ1) is 7.97. The van der Waals surface area contributed by atoms with E-state index in [9.17, 15) is 4.48 Å². The molecule has 0 aromatic heterocycles. The van der Waals surface area contributed by atoms with Crippen LogP contribution < -0.4 is 4.90 Å². The molecule has 2 rings (SSSR count). The highest BCUT2D eigenvalue weighted by Gasteiger charge is 2.18. The second kappa shape index (κ2) is 4.65. The fraction of sp³-hybridized carbons (Fsp3) is 0.571. The molecule has 0 spiro atoms. The molecule has 1 aliphatic rings. The van der Waals surface area contributed by atoms with Crippen molar-refractivity contribution in [3.63, 3.8) is 0 Å². The van der Waals surface area contributed by atoms with Crippen LogP contribution in [0.2, 0.25) is 0 Å². The van der Waals surface area contributed by atoms with Crippen molar-refractivity contribution in [1.29, 1.82) is 0 Å². The normalized spacial score (nSPS) is 18.5. The maximum atomic E-state index is 12.9. The smallest absolute Gasteiger partial charge is 0.0467 e. The van der Waals surface area contributed by atoms with Crippen LogP contribution in [-0.4, -0.2) is 31.3 Å². The molecule has 1 aromatic rings. The molecular formula is C14H21FN2. The van der Waals surface area contributed by atoms with E-state index in [1.54, 1.807) is 0 Å². The summed E-state index contributed by atoms with van der Waals surface area (Å²) in [5.41, 5.74) is 2.73. The number of hydrogen-bond acceptors (Lipinski definition) is 2. The Bertz CT molecular complexity index is 359. The van der Waals surface area contributed by atoms with Crippen LogP contribution in [0.4, 0.5) is 10.2 Å². The van der Waals surface area contributed by atoms with Crippen LogP contribution in [0.15, 0.2) is 24.3 Å². The van der Waals surface area contributed by atoms with Gasteiger partial charge in [0.1, 0.15) is 0 Å². The van der Waals surface area contributed by atoms with Crippen molar-refractivity contribution in [2.24, 2.45) is 0 Å². The van der Waals surface area contributed by atoms with E-state index >= 15 is 0 Å². The van der Waals surface area contributed by atoms with E-state index in [2.05, 4.69) is 49.9 Å². The van der Waals surface area contributed by atoms with Crippen molar-refractivity contribution >= 4 is 5.69 Å². The number of benzene rings is 1. The van der Waals surface area contributed by atoms with E-state index in [0.29, 0.717) is 13.1 Å². The zero-order valence-electron chi connectivity index (χ0n) is 10.9. The SMILES string of the molecule is CC(C)(C)c1ccc(N2CCN(F)CC2)cc1. The van der Waals surface area contributed by atoms with Crippen molar-refractivity contribution in [1.82, 2.24) is 5.12 Å². The number of halogens is 1. The van der Waals surface area contributed by atoms with Gasteiger partial charge in [-0.15, -0.1) is 9.60 Å². The van der Waals surface area contributed by atoms with Gasteiger partial charge in [-0.05, 0) is 23.1 Å². The Morgan fingerprint density at radius 1 is 0.941 bits per heavy atom. The lowest BCUT2D eigenvalue weighted by molar-refractivity contribution is 0.0200. The lowest BCUT2D eigenvalue weighted by atomic mass is 9.87. The fourth-order valence-corrected chi connectivity index (χ4v) is 2.11. The monoisotopic (exact) mass is 236 g/mol. The van der Waals surface area contributed by atoms with E-state index in [0.717, 1.165) is 18.2 Å². The zero-order chi connectivity index (χ0) is 12.5. The molecule has 1 fully saturated rings. The molecule has 0 saturated carbocycles. The van der Waals surface area contributed by atoms with Crippen LogP contribution in [0.3, 0.4) is 0 Å². The third-order valence-electron chi connectivity index (χ3n) is 3.32. The Morgan fingerprint density at radius 2 is 1.47 bits per heavy atom. The van der Waals surface area contributed by atoms with Crippen LogP contribution in [0, 0.1) is 0 Å². The third-order valence-corrected chi connectivity index (χ3v) is 3.32. The van der Waals surface area contributed by atoms with E-state index < -0.39 is 0 Å². The van der Waals surface area contributed by atoms with Gasteiger partial charge in [0.25, 0.3) is 0 Å². The average Bonchev–Trinajstić information content (AvgIpc) is 2.29. The van der Waals surface area contributed by atoms with E-state index in [1.165, 1.54) is 11.3 Å². The molecule has 0 bridgehead atoms. The Hall–Kier alpha value is -1.09. The lowest BCUT2D eigenvalue weighted by Gasteiger charge is -2.32. The molecule has 1 aliphatic heterocycles. The maximum Gasteiger partial charge on any atom is 0.0467 e. The van der Waals surface area contributed by atoms with Gasteiger partial charge in [0.05, 0.1) is 0 Å².